The molecular formula is C12H16ClNO. The molecule has 0 radical (unpaired) electrons. The van der Waals surface area contributed by atoms with Crippen LogP contribution in [-0.4, -0.2) is 5.11 Å². The molecule has 0 amide bonds. The highest BCUT2D eigenvalue weighted by Gasteiger charge is 2.12. The summed E-state index contributed by atoms with van der Waals surface area (Å²) in [5, 5.41) is 10.4. The van der Waals surface area contributed by atoms with Gasteiger partial charge in [-0.05, 0) is 37.5 Å². The number of aryl methyl sites for hydroxylation is 1. The molecule has 0 saturated heterocycles. The largest absolute Gasteiger partial charge is 0.507 e. The molecule has 1 rings (SSSR count). The normalized spacial score (nSPS) is 12.5. The minimum absolute atomic E-state index is 0.194. The third kappa shape index (κ3) is 2.98. The number of nitrogens with two attached hydrogens (primary N) is 1. The van der Waals surface area contributed by atoms with E-state index in [1.165, 1.54) is 0 Å². The average molecular weight is 226 g/mol. The van der Waals surface area contributed by atoms with E-state index in [0.717, 1.165) is 18.4 Å². The molecule has 15 heavy (non-hydrogen) atoms. The Kier molecular flexibility index (Phi) is 4.18. The van der Waals surface area contributed by atoms with Crippen molar-refractivity contribution in [3.05, 3.63) is 40.9 Å². The second-order valence-corrected chi connectivity index (χ2v) is 4.07. The minimum atomic E-state index is -0.194. The van der Waals surface area contributed by atoms with Gasteiger partial charge in [-0.1, -0.05) is 17.7 Å². The van der Waals surface area contributed by atoms with Gasteiger partial charge in [0.1, 0.15) is 5.75 Å². The van der Waals surface area contributed by atoms with Crippen molar-refractivity contribution in [2.24, 2.45) is 5.73 Å². The number of phenolic OH excluding ortho intramolecular Hbond substituents is 1. The molecule has 3 N–H and O–H groups in total. The highest BCUT2D eigenvalue weighted by atomic mass is 35.5. The van der Waals surface area contributed by atoms with E-state index in [1.54, 1.807) is 12.1 Å². The summed E-state index contributed by atoms with van der Waals surface area (Å²) in [4.78, 5) is 0. The second-order valence-electron chi connectivity index (χ2n) is 3.63. The Bertz CT molecular complexity index is 363. The number of allylic oxidation sites excluding steroid dienone is 1. The van der Waals surface area contributed by atoms with E-state index in [9.17, 15) is 5.11 Å². The summed E-state index contributed by atoms with van der Waals surface area (Å²) in [5.41, 5.74) is 7.42. The first-order valence-corrected chi connectivity index (χ1v) is 5.29. The topological polar surface area (TPSA) is 46.2 Å². The summed E-state index contributed by atoms with van der Waals surface area (Å²) in [7, 11) is 0. The molecule has 1 aromatic rings. The van der Waals surface area contributed by atoms with Crippen molar-refractivity contribution < 1.29 is 5.11 Å². The third-order valence-corrected chi connectivity index (χ3v) is 2.59. The number of halogens is 1. The van der Waals surface area contributed by atoms with Gasteiger partial charge in [0.15, 0.2) is 0 Å². The maximum absolute atomic E-state index is 9.83. The Labute approximate surface area is 95.4 Å². The zero-order valence-corrected chi connectivity index (χ0v) is 9.59. The predicted molar refractivity (Wildman–Crippen MR) is 64.2 cm³/mol. The maximum atomic E-state index is 9.83. The van der Waals surface area contributed by atoms with Gasteiger partial charge in [-0.15, -0.1) is 6.58 Å². The van der Waals surface area contributed by atoms with E-state index in [4.69, 9.17) is 17.3 Å². The first-order chi connectivity index (χ1) is 7.06. The zero-order valence-electron chi connectivity index (χ0n) is 8.83. The van der Waals surface area contributed by atoms with Crippen molar-refractivity contribution in [2.45, 2.75) is 25.8 Å². The van der Waals surface area contributed by atoms with Crippen LogP contribution in [0.25, 0.3) is 0 Å². The number of aromatic hydroxyl groups is 1. The molecule has 82 valence electrons. The SMILES string of the molecule is C=CCC[C@H](N)c1cc(Cl)cc(C)c1O. The second kappa shape index (κ2) is 5.19. The fourth-order valence-electron chi connectivity index (χ4n) is 1.50. The van der Waals surface area contributed by atoms with Crippen LogP contribution >= 0.6 is 11.6 Å². The molecule has 0 aromatic heterocycles. The molecule has 0 aliphatic rings. The molecule has 3 heteroatoms. The fraction of sp³-hybridized carbons (Fsp3) is 0.333. The van der Waals surface area contributed by atoms with Crippen LogP contribution in [0.3, 0.4) is 0 Å². The van der Waals surface area contributed by atoms with Crippen LogP contribution in [0.4, 0.5) is 0 Å². The van der Waals surface area contributed by atoms with E-state index in [2.05, 4.69) is 6.58 Å². The van der Waals surface area contributed by atoms with Gasteiger partial charge in [-0.3, -0.25) is 0 Å². The molecular weight excluding hydrogens is 210 g/mol. The van der Waals surface area contributed by atoms with Crippen LogP contribution in [0.1, 0.15) is 30.0 Å². The van der Waals surface area contributed by atoms with Gasteiger partial charge in [0, 0.05) is 16.6 Å². The Morgan fingerprint density at radius 3 is 2.87 bits per heavy atom. The number of hydrogen-bond acceptors (Lipinski definition) is 2. The highest BCUT2D eigenvalue weighted by Crippen LogP contribution is 2.31. The minimum Gasteiger partial charge on any atom is -0.507 e. The van der Waals surface area contributed by atoms with E-state index in [1.807, 2.05) is 13.0 Å². The standard InChI is InChI=1S/C12H16ClNO/c1-3-4-5-11(14)10-7-9(13)6-8(2)12(10)15/h3,6-7,11,15H,1,4-5,14H2,2H3/t11-/m0/s1. The third-order valence-electron chi connectivity index (χ3n) is 2.38. The summed E-state index contributed by atoms with van der Waals surface area (Å²) in [6.45, 7) is 5.45. The van der Waals surface area contributed by atoms with E-state index in [-0.39, 0.29) is 11.8 Å². The summed E-state index contributed by atoms with van der Waals surface area (Å²) in [5.74, 6) is 0.246. The van der Waals surface area contributed by atoms with Gasteiger partial charge >= 0.3 is 0 Å². The van der Waals surface area contributed by atoms with Crippen LogP contribution in [0, 0.1) is 6.92 Å². The lowest BCUT2D eigenvalue weighted by molar-refractivity contribution is 0.455. The molecule has 0 fully saturated rings. The number of phenols is 1. The summed E-state index contributed by atoms with van der Waals surface area (Å²) >= 11 is 5.91. The van der Waals surface area contributed by atoms with Crippen molar-refractivity contribution in [1.29, 1.82) is 0 Å². The van der Waals surface area contributed by atoms with Crippen molar-refractivity contribution in [2.75, 3.05) is 0 Å². The number of rotatable bonds is 4. The van der Waals surface area contributed by atoms with Crippen LogP contribution in [0.15, 0.2) is 24.8 Å². The molecule has 0 aliphatic heterocycles. The number of hydrogen-bond donors (Lipinski definition) is 2. The molecule has 1 atom stereocenters. The Morgan fingerprint density at radius 1 is 1.60 bits per heavy atom. The van der Waals surface area contributed by atoms with Crippen LogP contribution in [-0.2, 0) is 0 Å². The van der Waals surface area contributed by atoms with Gasteiger partial charge in [0.25, 0.3) is 0 Å². The van der Waals surface area contributed by atoms with Gasteiger partial charge in [-0.25, -0.2) is 0 Å². The molecule has 0 bridgehead atoms. The lowest BCUT2D eigenvalue weighted by Gasteiger charge is -2.14. The van der Waals surface area contributed by atoms with E-state index < -0.39 is 0 Å². The van der Waals surface area contributed by atoms with Crippen molar-refractivity contribution in [1.82, 2.24) is 0 Å². The van der Waals surface area contributed by atoms with E-state index in [0.29, 0.717) is 10.6 Å². The van der Waals surface area contributed by atoms with Crippen LogP contribution in [0.5, 0.6) is 5.75 Å². The van der Waals surface area contributed by atoms with E-state index >= 15 is 0 Å². The smallest absolute Gasteiger partial charge is 0.123 e. The van der Waals surface area contributed by atoms with Crippen LogP contribution in [0.2, 0.25) is 5.02 Å². The molecule has 0 saturated carbocycles. The molecule has 0 spiro atoms. The summed E-state index contributed by atoms with van der Waals surface area (Å²) in [6.07, 6.45) is 3.40. The number of benzene rings is 1. The average Bonchev–Trinajstić information content (AvgIpc) is 2.19. The van der Waals surface area contributed by atoms with Gasteiger partial charge in [-0.2, -0.15) is 0 Å². The Morgan fingerprint density at radius 2 is 2.27 bits per heavy atom. The Hall–Kier alpha value is -0.990. The first-order valence-electron chi connectivity index (χ1n) is 4.91. The molecule has 0 unspecified atom stereocenters. The summed E-state index contributed by atoms with van der Waals surface area (Å²) in [6, 6.07) is 3.25. The van der Waals surface area contributed by atoms with Crippen LogP contribution < -0.4 is 5.73 Å². The molecule has 0 heterocycles. The van der Waals surface area contributed by atoms with Gasteiger partial charge < -0.3 is 10.8 Å². The highest BCUT2D eigenvalue weighted by molar-refractivity contribution is 6.30. The molecule has 2 nitrogen and oxygen atoms in total. The Balaban J connectivity index is 2.96. The maximum Gasteiger partial charge on any atom is 0.123 e. The quantitative estimate of drug-likeness (QED) is 0.773. The van der Waals surface area contributed by atoms with Gasteiger partial charge in [0.2, 0.25) is 0 Å². The first kappa shape index (κ1) is 12.1. The molecule has 1 aromatic carbocycles. The van der Waals surface area contributed by atoms with Crippen molar-refractivity contribution >= 4 is 11.6 Å². The van der Waals surface area contributed by atoms with Crippen molar-refractivity contribution in [3.8, 4) is 5.75 Å². The lowest BCUT2D eigenvalue weighted by atomic mass is 9.99. The van der Waals surface area contributed by atoms with Crippen molar-refractivity contribution in [3.63, 3.8) is 0 Å². The monoisotopic (exact) mass is 225 g/mol. The van der Waals surface area contributed by atoms with Gasteiger partial charge in [0.05, 0.1) is 0 Å². The fourth-order valence-corrected chi connectivity index (χ4v) is 1.78. The predicted octanol–water partition coefficient (Wildman–Crippen LogP) is 3.32. The molecule has 0 aliphatic carbocycles. The lowest BCUT2D eigenvalue weighted by Crippen LogP contribution is -2.10. The zero-order chi connectivity index (χ0) is 11.4. The summed E-state index contributed by atoms with van der Waals surface area (Å²) < 4.78 is 0.